The fraction of sp³-hybridized carbons (Fsp3) is 0.462. The minimum atomic E-state index is 0.270. The molecule has 3 nitrogen and oxygen atoms in total. The van der Waals surface area contributed by atoms with Gasteiger partial charge in [0.25, 0.3) is 0 Å². The molecule has 0 radical (unpaired) electrons. The van der Waals surface area contributed by atoms with Gasteiger partial charge in [0.15, 0.2) is 0 Å². The Morgan fingerprint density at radius 1 is 1.35 bits per heavy atom. The summed E-state index contributed by atoms with van der Waals surface area (Å²) >= 11 is 3.39. The van der Waals surface area contributed by atoms with E-state index in [9.17, 15) is 0 Å². The predicted molar refractivity (Wildman–Crippen MR) is 70.0 cm³/mol. The zero-order valence-corrected chi connectivity index (χ0v) is 11.4. The number of halogens is 1. The Kier molecular flexibility index (Phi) is 4.03. The Bertz CT molecular complexity index is 434. The molecule has 0 atom stereocenters. The molecule has 1 aliphatic heterocycles. The van der Waals surface area contributed by atoms with Gasteiger partial charge in [0.1, 0.15) is 11.9 Å². The lowest BCUT2D eigenvalue weighted by molar-refractivity contribution is 0.114. The number of nitriles is 1. The van der Waals surface area contributed by atoms with Gasteiger partial charge < -0.3 is 9.64 Å². The first kappa shape index (κ1) is 12.4. The van der Waals surface area contributed by atoms with Crippen molar-refractivity contribution >= 4 is 15.9 Å². The molecule has 0 saturated carbocycles. The summed E-state index contributed by atoms with van der Waals surface area (Å²) in [6.07, 6.45) is 2.36. The second-order valence-corrected chi connectivity index (χ2v) is 5.32. The summed E-state index contributed by atoms with van der Waals surface area (Å²) in [5.74, 6) is 0.783. The lowest BCUT2D eigenvalue weighted by Crippen LogP contribution is -2.35. The van der Waals surface area contributed by atoms with Crippen LogP contribution in [0.2, 0.25) is 0 Å². The molecule has 0 N–H and O–H groups in total. The molecule has 0 unspecified atom stereocenters. The highest BCUT2D eigenvalue weighted by Crippen LogP contribution is 2.24. The van der Waals surface area contributed by atoms with Crippen molar-refractivity contribution in [2.75, 3.05) is 20.1 Å². The van der Waals surface area contributed by atoms with E-state index in [0.717, 1.165) is 36.2 Å². The van der Waals surface area contributed by atoms with Crippen molar-refractivity contribution < 1.29 is 4.74 Å². The molecule has 1 aliphatic rings. The van der Waals surface area contributed by atoms with Crippen LogP contribution in [-0.4, -0.2) is 31.1 Å². The molecule has 1 aromatic rings. The van der Waals surface area contributed by atoms with Crippen LogP contribution in [0.1, 0.15) is 18.4 Å². The first-order chi connectivity index (χ1) is 8.17. The van der Waals surface area contributed by atoms with E-state index in [2.05, 4.69) is 33.9 Å². The van der Waals surface area contributed by atoms with Crippen LogP contribution in [0.15, 0.2) is 22.7 Å². The van der Waals surface area contributed by atoms with Gasteiger partial charge in [-0.3, -0.25) is 0 Å². The molecule has 1 aromatic carbocycles. The summed E-state index contributed by atoms with van der Waals surface area (Å²) < 4.78 is 6.81. The van der Waals surface area contributed by atoms with Crippen LogP contribution in [0.25, 0.3) is 0 Å². The third-order valence-electron chi connectivity index (χ3n) is 2.97. The molecule has 1 saturated heterocycles. The quantitative estimate of drug-likeness (QED) is 0.841. The van der Waals surface area contributed by atoms with Gasteiger partial charge in [0, 0.05) is 17.6 Å². The van der Waals surface area contributed by atoms with Crippen LogP contribution in [0.5, 0.6) is 5.75 Å². The van der Waals surface area contributed by atoms with Crippen LogP contribution in [0.3, 0.4) is 0 Å². The zero-order chi connectivity index (χ0) is 12.3. The summed E-state index contributed by atoms with van der Waals surface area (Å²) in [6, 6.07) is 7.64. The Balaban J connectivity index is 2.03. The molecule has 0 aliphatic carbocycles. The van der Waals surface area contributed by atoms with Gasteiger partial charge in [0.05, 0.1) is 11.6 Å². The van der Waals surface area contributed by atoms with Gasteiger partial charge in [0.2, 0.25) is 0 Å². The van der Waals surface area contributed by atoms with E-state index >= 15 is 0 Å². The van der Waals surface area contributed by atoms with E-state index in [-0.39, 0.29) is 6.10 Å². The summed E-state index contributed by atoms with van der Waals surface area (Å²) in [5.41, 5.74) is 0.627. The molecule has 0 amide bonds. The number of rotatable bonds is 2. The van der Waals surface area contributed by atoms with Crippen LogP contribution in [0.4, 0.5) is 0 Å². The molecule has 1 fully saturated rings. The van der Waals surface area contributed by atoms with Crippen LogP contribution < -0.4 is 4.74 Å². The molecular formula is C13H15BrN2O. The highest BCUT2D eigenvalue weighted by molar-refractivity contribution is 9.10. The summed E-state index contributed by atoms with van der Waals surface area (Å²) in [4.78, 5) is 2.31. The van der Waals surface area contributed by atoms with Gasteiger partial charge in [-0.15, -0.1) is 0 Å². The van der Waals surface area contributed by atoms with E-state index < -0.39 is 0 Å². The first-order valence-corrected chi connectivity index (χ1v) is 6.52. The van der Waals surface area contributed by atoms with Gasteiger partial charge in [-0.1, -0.05) is 15.9 Å². The highest BCUT2D eigenvalue weighted by Gasteiger charge is 2.18. The molecule has 2 rings (SSSR count). The minimum absolute atomic E-state index is 0.270. The SMILES string of the molecule is CN1CCC(Oc2cc(Br)cc(C#N)c2)CC1. The molecule has 1 heterocycles. The van der Waals surface area contributed by atoms with Crippen molar-refractivity contribution in [3.8, 4) is 11.8 Å². The second-order valence-electron chi connectivity index (χ2n) is 4.41. The fourth-order valence-electron chi connectivity index (χ4n) is 1.99. The van der Waals surface area contributed by atoms with Gasteiger partial charge in [-0.05, 0) is 38.1 Å². The van der Waals surface area contributed by atoms with E-state index in [1.807, 2.05) is 6.07 Å². The van der Waals surface area contributed by atoms with Crippen molar-refractivity contribution in [3.05, 3.63) is 28.2 Å². The number of nitrogens with zero attached hydrogens (tertiary/aromatic N) is 2. The van der Waals surface area contributed by atoms with Gasteiger partial charge >= 0.3 is 0 Å². The average molecular weight is 295 g/mol. The number of piperidine rings is 1. The van der Waals surface area contributed by atoms with E-state index in [0.29, 0.717) is 5.56 Å². The van der Waals surface area contributed by atoms with Crippen LogP contribution >= 0.6 is 15.9 Å². The van der Waals surface area contributed by atoms with Crippen molar-refractivity contribution in [1.82, 2.24) is 4.90 Å². The van der Waals surface area contributed by atoms with E-state index in [1.165, 1.54) is 0 Å². The molecular weight excluding hydrogens is 280 g/mol. The van der Waals surface area contributed by atoms with Crippen molar-refractivity contribution in [2.24, 2.45) is 0 Å². The maximum Gasteiger partial charge on any atom is 0.122 e. The predicted octanol–water partition coefficient (Wildman–Crippen LogP) is 2.79. The van der Waals surface area contributed by atoms with E-state index in [1.54, 1.807) is 12.1 Å². The highest BCUT2D eigenvalue weighted by atomic mass is 79.9. The number of benzene rings is 1. The standard InChI is InChI=1S/C13H15BrN2O/c1-16-4-2-12(3-5-16)17-13-7-10(9-15)6-11(14)8-13/h6-8,12H,2-5H2,1H3. The Morgan fingerprint density at radius 2 is 2.06 bits per heavy atom. The maximum absolute atomic E-state index is 8.89. The lowest BCUT2D eigenvalue weighted by Gasteiger charge is -2.29. The van der Waals surface area contributed by atoms with Crippen molar-refractivity contribution in [1.29, 1.82) is 5.26 Å². The summed E-state index contributed by atoms with van der Waals surface area (Å²) in [7, 11) is 2.13. The van der Waals surface area contributed by atoms with Gasteiger partial charge in [-0.2, -0.15) is 5.26 Å². The monoisotopic (exact) mass is 294 g/mol. The normalized spacial score (nSPS) is 17.7. The number of ether oxygens (including phenoxy) is 1. The Morgan fingerprint density at radius 3 is 2.71 bits per heavy atom. The molecule has 0 aromatic heterocycles. The zero-order valence-electron chi connectivity index (χ0n) is 9.82. The third kappa shape index (κ3) is 3.45. The van der Waals surface area contributed by atoms with Crippen LogP contribution in [-0.2, 0) is 0 Å². The molecule has 0 bridgehead atoms. The average Bonchev–Trinajstić information content (AvgIpc) is 2.31. The molecule has 4 heteroatoms. The van der Waals surface area contributed by atoms with Crippen LogP contribution in [0, 0.1) is 11.3 Å². The molecule has 0 spiro atoms. The maximum atomic E-state index is 8.89. The third-order valence-corrected chi connectivity index (χ3v) is 3.43. The number of likely N-dealkylation sites (tertiary alicyclic amines) is 1. The summed E-state index contributed by atoms with van der Waals surface area (Å²) in [5, 5.41) is 8.89. The smallest absolute Gasteiger partial charge is 0.122 e. The van der Waals surface area contributed by atoms with Crippen molar-refractivity contribution in [3.63, 3.8) is 0 Å². The van der Waals surface area contributed by atoms with Gasteiger partial charge in [-0.25, -0.2) is 0 Å². The van der Waals surface area contributed by atoms with E-state index in [4.69, 9.17) is 10.00 Å². The number of hydrogen-bond donors (Lipinski definition) is 0. The first-order valence-electron chi connectivity index (χ1n) is 5.73. The Labute approximate surface area is 110 Å². The topological polar surface area (TPSA) is 36.3 Å². The Hall–Kier alpha value is -1.05. The second kappa shape index (κ2) is 5.52. The molecule has 90 valence electrons. The number of hydrogen-bond acceptors (Lipinski definition) is 3. The summed E-state index contributed by atoms with van der Waals surface area (Å²) in [6.45, 7) is 2.15. The fourth-order valence-corrected chi connectivity index (χ4v) is 2.46. The molecule has 17 heavy (non-hydrogen) atoms. The lowest BCUT2D eigenvalue weighted by atomic mass is 10.1. The minimum Gasteiger partial charge on any atom is -0.490 e. The largest absolute Gasteiger partial charge is 0.490 e. The van der Waals surface area contributed by atoms with Crippen molar-refractivity contribution in [2.45, 2.75) is 18.9 Å².